The first-order chi connectivity index (χ1) is 9.40. The molecule has 7 nitrogen and oxygen atoms in total. The number of hydrogen-bond acceptors (Lipinski definition) is 4. The molecule has 1 fully saturated rings. The van der Waals surface area contributed by atoms with Gasteiger partial charge in [-0.3, -0.25) is 14.9 Å². The summed E-state index contributed by atoms with van der Waals surface area (Å²) in [6, 6.07) is -0.0756. The molecule has 1 saturated heterocycles. The SMILES string of the molecule is CC1CN(C(=O)NC(=O)CCCCC(=O)O)CCN1C. The standard InChI is InChI=1S/C13H23N3O4/c1-10-9-16(8-7-15(10)2)13(20)14-11(17)5-3-4-6-12(18)19/h10H,3-9H2,1-2H3,(H,18,19)(H,14,17,20). The van der Waals surface area contributed by atoms with Crippen LogP contribution in [-0.2, 0) is 9.59 Å². The largest absolute Gasteiger partial charge is 0.481 e. The van der Waals surface area contributed by atoms with Crippen molar-refractivity contribution in [2.24, 2.45) is 0 Å². The van der Waals surface area contributed by atoms with Crippen LogP contribution in [0.4, 0.5) is 4.79 Å². The molecule has 0 saturated carbocycles. The zero-order chi connectivity index (χ0) is 15.1. The highest BCUT2D eigenvalue weighted by molar-refractivity contribution is 5.94. The Bertz CT molecular complexity index is 373. The summed E-state index contributed by atoms with van der Waals surface area (Å²) in [6.45, 7) is 4.04. The van der Waals surface area contributed by atoms with Crippen molar-refractivity contribution >= 4 is 17.9 Å². The number of piperazine rings is 1. The number of unbranched alkanes of at least 4 members (excludes halogenated alkanes) is 1. The molecule has 114 valence electrons. The number of carboxylic acid groups (broad SMARTS) is 1. The van der Waals surface area contributed by atoms with Crippen LogP contribution in [0.5, 0.6) is 0 Å². The Kier molecular flexibility index (Phi) is 6.44. The lowest BCUT2D eigenvalue weighted by Crippen LogP contribution is -2.55. The molecule has 1 unspecified atom stereocenters. The summed E-state index contributed by atoms with van der Waals surface area (Å²) in [6.07, 6.45) is 1.16. The van der Waals surface area contributed by atoms with E-state index in [2.05, 4.69) is 10.2 Å². The number of nitrogens with zero attached hydrogens (tertiary/aromatic N) is 2. The van der Waals surface area contributed by atoms with Crippen molar-refractivity contribution in [3.05, 3.63) is 0 Å². The first-order valence-electron chi connectivity index (χ1n) is 6.91. The molecule has 1 aliphatic rings. The highest BCUT2D eigenvalue weighted by Crippen LogP contribution is 2.07. The van der Waals surface area contributed by atoms with Crippen LogP contribution in [0, 0.1) is 0 Å². The van der Waals surface area contributed by atoms with Crippen LogP contribution in [-0.4, -0.2) is 65.5 Å². The van der Waals surface area contributed by atoms with Crippen LogP contribution < -0.4 is 5.32 Å². The molecule has 1 aliphatic heterocycles. The number of rotatable bonds is 5. The Labute approximate surface area is 118 Å². The van der Waals surface area contributed by atoms with Gasteiger partial charge < -0.3 is 14.9 Å². The summed E-state index contributed by atoms with van der Waals surface area (Å²) in [4.78, 5) is 37.6. The molecular formula is C13H23N3O4. The van der Waals surface area contributed by atoms with Gasteiger partial charge in [-0.25, -0.2) is 4.79 Å². The van der Waals surface area contributed by atoms with Crippen molar-refractivity contribution in [1.29, 1.82) is 0 Å². The number of urea groups is 1. The van der Waals surface area contributed by atoms with Crippen LogP contribution >= 0.6 is 0 Å². The third-order valence-corrected chi connectivity index (χ3v) is 3.54. The number of carboxylic acids is 1. The normalized spacial score (nSPS) is 19.7. The molecule has 0 aromatic carbocycles. The van der Waals surface area contributed by atoms with Crippen molar-refractivity contribution in [2.45, 2.75) is 38.6 Å². The maximum absolute atomic E-state index is 11.9. The van der Waals surface area contributed by atoms with E-state index in [9.17, 15) is 14.4 Å². The molecule has 20 heavy (non-hydrogen) atoms. The number of carbonyl (C=O) groups excluding carboxylic acids is 2. The fourth-order valence-corrected chi connectivity index (χ4v) is 2.06. The summed E-state index contributed by atoms with van der Waals surface area (Å²) in [5.41, 5.74) is 0. The van der Waals surface area contributed by atoms with Gasteiger partial charge in [0.05, 0.1) is 0 Å². The molecular weight excluding hydrogens is 262 g/mol. The number of amides is 3. The Morgan fingerprint density at radius 2 is 1.85 bits per heavy atom. The van der Waals surface area contributed by atoms with Gasteiger partial charge in [-0.2, -0.15) is 0 Å². The van der Waals surface area contributed by atoms with Crippen molar-refractivity contribution in [2.75, 3.05) is 26.7 Å². The van der Waals surface area contributed by atoms with E-state index in [-0.39, 0.29) is 30.8 Å². The van der Waals surface area contributed by atoms with Gasteiger partial charge in [0.1, 0.15) is 0 Å². The van der Waals surface area contributed by atoms with Crippen LogP contribution in [0.25, 0.3) is 0 Å². The number of aliphatic carboxylic acids is 1. The molecule has 2 N–H and O–H groups in total. The summed E-state index contributed by atoms with van der Waals surface area (Å²) >= 11 is 0. The Morgan fingerprint density at radius 1 is 1.20 bits per heavy atom. The zero-order valence-corrected chi connectivity index (χ0v) is 12.1. The van der Waals surface area contributed by atoms with Gasteiger partial charge in [0.25, 0.3) is 0 Å². The molecule has 0 aliphatic carbocycles. The monoisotopic (exact) mass is 285 g/mol. The minimum absolute atomic E-state index is 0.0528. The Balaban J connectivity index is 2.24. The molecule has 1 atom stereocenters. The average molecular weight is 285 g/mol. The van der Waals surface area contributed by atoms with Gasteiger partial charge >= 0.3 is 12.0 Å². The fourth-order valence-electron chi connectivity index (χ4n) is 2.06. The average Bonchev–Trinajstić information content (AvgIpc) is 2.37. The van der Waals surface area contributed by atoms with Crippen molar-refractivity contribution < 1.29 is 19.5 Å². The molecule has 0 bridgehead atoms. The number of carbonyl (C=O) groups is 3. The van der Waals surface area contributed by atoms with Crippen LogP contribution in [0.15, 0.2) is 0 Å². The van der Waals surface area contributed by atoms with E-state index in [1.807, 2.05) is 14.0 Å². The number of imide groups is 1. The lowest BCUT2D eigenvalue weighted by Gasteiger charge is -2.37. The lowest BCUT2D eigenvalue weighted by atomic mass is 10.2. The number of nitrogens with one attached hydrogen (secondary N) is 1. The first-order valence-corrected chi connectivity index (χ1v) is 6.91. The first kappa shape index (κ1) is 16.4. The Morgan fingerprint density at radius 3 is 2.45 bits per heavy atom. The number of hydrogen-bond donors (Lipinski definition) is 2. The minimum Gasteiger partial charge on any atom is -0.481 e. The summed E-state index contributed by atoms with van der Waals surface area (Å²) in [7, 11) is 2.01. The lowest BCUT2D eigenvalue weighted by molar-refractivity contribution is -0.137. The maximum atomic E-state index is 11.9. The van der Waals surface area contributed by atoms with Gasteiger partial charge in [-0.1, -0.05) is 0 Å². The summed E-state index contributed by atoms with van der Waals surface area (Å²) < 4.78 is 0. The molecule has 0 aromatic rings. The molecule has 3 amide bonds. The second-order valence-electron chi connectivity index (χ2n) is 5.23. The van der Waals surface area contributed by atoms with Crippen molar-refractivity contribution in [1.82, 2.24) is 15.1 Å². The van der Waals surface area contributed by atoms with Gasteiger partial charge in [0.15, 0.2) is 0 Å². The van der Waals surface area contributed by atoms with Gasteiger partial charge in [0, 0.05) is 38.5 Å². The van der Waals surface area contributed by atoms with E-state index in [0.717, 1.165) is 6.54 Å². The highest BCUT2D eigenvalue weighted by atomic mass is 16.4. The van der Waals surface area contributed by atoms with E-state index in [4.69, 9.17) is 5.11 Å². The van der Waals surface area contributed by atoms with E-state index in [1.54, 1.807) is 4.90 Å². The van der Waals surface area contributed by atoms with Gasteiger partial charge in [0.2, 0.25) is 5.91 Å². The van der Waals surface area contributed by atoms with Gasteiger partial charge in [-0.05, 0) is 26.8 Å². The highest BCUT2D eigenvalue weighted by Gasteiger charge is 2.25. The molecule has 1 heterocycles. The van der Waals surface area contributed by atoms with Crippen molar-refractivity contribution in [3.63, 3.8) is 0 Å². The molecule has 1 rings (SSSR count). The third kappa shape index (κ3) is 5.56. The van der Waals surface area contributed by atoms with Gasteiger partial charge in [-0.15, -0.1) is 0 Å². The fraction of sp³-hybridized carbons (Fsp3) is 0.769. The van der Waals surface area contributed by atoms with Crippen molar-refractivity contribution in [3.8, 4) is 0 Å². The molecule has 0 spiro atoms. The zero-order valence-electron chi connectivity index (χ0n) is 12.1. The third-order valence-electron chi connectivity index (χ3n) is 3.54. The Hall–Kier alpha value is -1.63. The van der Waals surface area contributed by atoms with E-state index < -0.39 is 5.97 Å². The van der Waals surface area contributed by atoms with E-state index >= 15 is 0 Å². The van der Waals surface area contributed by atoms with Crippen LogP contribution in [0.2, 0.25) is 0 Å². The van der Waals surface area contributed by atoms with Crippen LogP contribution in [0.1, 0.15) is 32.6 Å². The second kappa shape index (κ2) is 7.84. The van der Waals surface area contributed by atoms with Crippen LogP contribution in [0.3, 0.4) is 0 Å². The summed E-state index contributed by atoms with van der Waals surface area (Å²) in [5, 5.41) is 10.8. The predicted molar refractivity (Wildman–Crippen MR) is 73.3 cm³/mol. The van der Waals surface area contributed by atoms with E-state index in [0.29, 0.717) is 25.9 Å². The molecule has 7 heteroatoms. The molecule has 0 radical (unpaired) electrons. The summed E-state index contributed by atoms with van der Waals surface area (Å²) in [5.74, 6) is -1.21. The minimum atomic E-state index is -0.868. The molecule has 0 aromatic heterocycles. The quantitative estimate of drug-likeness (QED) is 0.718. The maximum Gasteiger partial charge on any atom is 0.324 e. The smallest absolute Gasteiger partial charge is 0.324 e. The predicted octanol–water partition coefficient (Wildman–Crippen LogP) is 0.504. The second-order valence-corrected chi connectivity index (χ2v) is 5.23. The van der Waals surface area contributed by atoms with E-state index in [1.165, 1.54) is 0 Å². The topological polar surface area (TPSA) is 90.0 Å². The number of likely N-dealkylation sites (N-methyl/N-ethyl adjacent to an activating group) is 1.